The molecular formula is C11H22. The Morgan fingerprint density at radius 1 is 1.36 bits per heavy atom. The zero-order valence-corrected chi connectivity index (χ0v) is 8.48. The van der Waals surface area contributed by atoms with Crippen LogP contribution in [0.2, 0.25) is 0 Å². The molecule has 0 heterocycles. The van der Waals surface area contributed by atoms with Crippen molar-refractivity contribution < 1.29 is 0 Å². The lowest BCUT2D eigenvalue weighted by Crippen LogP contribution is -2.20. The molecule has 11 heavy (non-hydrogen) atoms. The highest BCUT2D eigenvalue weighted by atomic mass is 14.3. The van der Waals surface area contributed by atoms with Gasteiger partial charge in [-0.05, 0) is 17.8 Å². The third kappa shape index (κ3) is 3.09. The highest BCUT2D eigenvalue weighted by molar-refractivity contribution is 4.92. The van der Waals surface area contributed by atoms with Gasteiger partial charge in [-0.15, -0.1) is 6.58 Å². The fourth-order valence-electron chi connectivity index (χ4n) is 1.62. The molecule has 0 spiro atoms. The van der Waals surface area contributed by atoms with E-state index in [-0.39, 0.29) is 0 Å². The van der Waals surface area contributed by atoms with Crippen LogP contribution in [-0.4, -0.2) is 0 Å². The van der Waals surface area contributed by atoms with Gasteiger partial charge in [-0.25, -0.2) is 0 Å². The SMILES string of the molecule is C=CC(C)(C)C(CC)CCC. The monoisotopic (exact) mass is 154 g/mol. The van der Waals surface area contributed by atoms with Crippen LogP contribution in [0.1, 0.15) is 47.0 Å². The van der Waals surface area contributed by atoms with Crippen LogP contribution in [0.4, 0.5) is 0 Å². The van der Waals surface area contributed by atoms with Gasteiger partial charge < -0.3 is 0 Å². The second kappa shape index (κ2) is 4.58. The topological polar surface area (TPSA) is 0 Å². The van der Waals surface area contributed by atoms with Crippen molar-refractivity contribution in [2.24, 2.45) is 11.3 Å². The van der Waals surface area contributed by atoms with Gasteiger partial charge in [-0.3, -0.25) is 0 Å². The zero-order chi connectivity index (χ0) is 8.91. The van der Waals surface area contributed by atoms with Crippen molar-refractivity contribution >= 4 is 0 Å². The van der Waals surface area contributed by atoms with E-state index in [1.54, 1.807) is 0 Å². The van der Waals surface area contributed by atoms with E-state index in [1.807, 2.05) is 0 Å². The van der Waals surface area contributed by atoms with Gasteiger partial charge in [0.25, 0.3) is 0 Å². The average Bonchev–Trinajstić information content (AvgIpc) is 2.00. The van der Waals surface area contributed by atoms with Crippen LogP contribution in [-0.2, 0) is 0 Å². The minimum absolute atomic E-state index is 0.324. The molecule has 0 aliphatic rings. The predicted molar refractivity (Wildman–Crippen MR) is 52.7 cm³/mol. The molecule has 0 amide bonds. The second-order valence-electron chi connectivity index (χ2n) is 3.92. The molecule has 0 fully saturated rings. The summed E-state index contributed by atoms with van der Waals surface area (Å²) in [7, 11) is 0. The molecule has 0 aliphatic heterocycles. The van der Waals surface area contributed by atoms with Crippen molar-refractivity contribution in [1.82, 2.24) is 0 Å². The Labute approximate surface area is 71.7 Å². The molecule has 0 nitrogen and oxygen atoms in total. The maximum atomic E-state index is 3.88. The van der Waals surface area contributed by atoms with Crippen LogP contribution in [0.5, 0.6) is 0 Å². The quantitative estimate of drug-likeness (QED) is 0.524. The first-order valence-electron chi connectivity index (χ1n) is 4.72. The number of hydrogen-bond donors (Lipinski definition) is 0. The Hall–Kier alpha value is -0.260. The molecule has 1 atom stereocenters. The molecule has 0 bridgehead atoms. The van der Waals surface area contributed by atoms with Gasteiger partial charge in [0.15, 0.2) is 0 Å². The fraction of sp³-hybridized carbons (Fsp3) is 0.818. The molecule has 0 aromatic heterocycles. The van der Waals surface area contributed by atoms with E-state index >= 15 is 0 Å². The first-order valence-corrected chi connectivity index (χ1v) is 4.72. The zero-order valence-electron chi connectivity index (χ0n) is 8.48. The van der Waals surface area contributed by atoms with Crippen molar-refractivity contribution in [3.63, 3.8) is 0 Å². The maximum Gasteiger partial charge on any atom is -0.0149 e. The lowest BCUT2D eigenvalue weighted by Gasteiger charge is -2.30. The smallest absolute Gasteiger partial charge is 0.0149 e. The van der Waals surface area contributed by atoms with E-state index in [9.17, 15) is 0 Å². The van der Waals surface area contributed by atoms with Crippen LogP contribution >= 0.6 is 0 Å². The second-order valence-corrected chi connectivity index (χ2v) is 3.92. The lowest BCUT2D eigenvalue weighted by molar-refractivity contribution is 0.256. The predicted octanol–water partition coefficient (Wildman–Crippen LogP) is 4.02. The van der Waals surface area contributed by atoms with Gasteiger partial charge in [0.1, 0.15) is 0 Å². The number of hydrogen-bond acceptors (Lipinski definition) is 0. The summed E-state index contributed by atoms with van der Waals surface area (Å²) in [6, 6.07) is 0. The van der Waals surface area contributed by atoms with Crippen LogP contribution in [0.3, 0.4) is 0 Å². The summed E-state index contributed by atoms with van der Waals surface area (Å²) in [4.78, 5) is 0. The van der Waals surface area contributed by atoms with Crippen molar-refractivity contribution in [1.29, 1.82) is 0 Å². The Kier molecular flexibility index (Phi) is 4.48. The van der Waals surface area contributed by atoms with E-state index in [4.69, 9.17) is 0 Å². The highest BCUT2D eigenvalue weighted by Crippen LogP contribution is 2.33. The van der Waals surface area contributed by atoms with Crippen LogP contribution in [0, 0.1) is 11.3 Å². The molecule has 0 rings (SSSR count). The first-order chi connectivity index (χ1) is 5.08. The van der Waals surface area contributed by atoms with E-state index in [1.165, 1.54) is 19.3 Å². The first kappa shape index (κ1) is 10.7. The Bertz CT molecular complexity index is 111. The Morgan fingerprint density at radius 3 is 2.18 bits per heavy atom. The van der Waals surface area contributed by atoms with E-state index in [0.717, 1.165) is 5.92 Å². The summed E-state index contributed by atoms with van der Waals surface area (Å²) in [6.07, 6.45) is 5.98. The molecule has 0 saturated carbocycles. The van der Waals surface area contributed by atoms with Gasteiger partial charge in [0, 0.05) is 0 Å². The largest absolute Gasteiger partial charge is 0.103 e. The molecule has 0 heteroatoms. The molecular weight excluding hydrogens is 132 g/mol. The molecule has 0 saturated heterocycles. The molecule has 66 valence electrons. The summed E-state index contributed by atoms with van der Waals surface area (Å²) >= 11 is 0. The number of allylic oxidation sites excluding steroid dienone is 1. The third-order valence-electron chi connectivity index (χ3n) is 2.71. The summed E-state index contributed by atoms with van der Waals surface area (Å²) in [5.74, 6) is 0.810. The summed E-state index contributed by atoms with van der Waals surface area (Å²) in [6.45, 7) is 13.0. The fourth-order valence-corrected chi connectivity index (χ4v) is 1.62. The summed E-state index contributed by atoms with van der Waals surface area (Å²) in [5, 5.41) is 0. The minimum atomic E-state index is 0.324. The van der Waals surface area contributed by atoms with E-state index in [2.05, 4.69) is 40.3 Å². The van der Waals surface area contributed by atoms with Crippen molar-refractivity contribution in [2.45, 2.75) is 47.0 Å². The number of rotatable bonds is 5. The van der Waals surface area contributed by atoms with Gasteiger partial charge in [0.2, 0.25) is 0 Å². The normalized spacial score (nSPS) is 14.5. The van der Waals surface area contributed by atoms with Gasteiger partial charge in [-0.1, -0.05) is 46.6 Å². The summed E-state index contributed by atoms with van der Waals surface area (Å²) in [5.41, 5.74) is 0.324. The molecule has 0 aromatic rings. The minimum Gasteiger partial charge on any atom is -0.103 e. The van der Waals surface area contributed by atoms with Crippen molar-refractivity contribution in [2.75, 3.05) is 0 Å². The van der Waals surface area contributed by atoms with Crippen LogP contribution in [0.25, 0.3) is 0 Å². The maximum absolute atomic E-state index is 3.88. The lowest BCUT2D eigenvalue weighted by atomic mass is 9.75. The molecule has 0 aliphatic carbocycles. The average molecular weight is 154 g/mol. The van der Waals surface area contributed by atoms with Crippen LogP contribution < -0.4 is 0 Å². The van der Waals surface area contributed by atoms with Gasteiger partial charge >= 0.3 is 0 Å². The molecule has 0 radical (unpaired) electrons. The van der Waals surface area contributed by atoms with Gasteiger partial charge in [0.05, 0.1) is 0 Å². The Balaban J connectivity index is 4.10. The molecule has 0 N–H and O–H groups in total. The van der Waals surface area contributed by atoms with Crippen molar-refractivity contribution in [3.8, 4) is 0 Å². The molecule has 0 aromatic carbocycles. The van der Waals surface area contributed by atoms with Gasteiger partial charge in [-0.2, -0.15) is 0 Å². The van der Waals surface area contributed by atoms with Crippen molar-refractivity contribution in [3.05, 3.63) is 12.7 Å². The van der Waals surface area contributed by atoms with E-state index in [0.29, 0.717) is 5.41 Å². The van der Waals surface area contributed by atoms with E-state index < -0.39 is 0 Å². The standard InChI is InChI=1S/C11H22/c1-6-9-10(7-2)11(4,5)8-3/h8,10H,3,6-7,9H2,1-2,4-5H3. The third-order valence-corrected chi connectivity index (χ3v) is 2.71. The van der Waals surface area contributed by atoms with Crippen LogP contribution in [0.15, 0.2) is 12.7 Å². The molecule has 1 unspecified atom stereocenters. The summed E-state index contributed by atoms with van der Waals surface area (Å²) < 4.78 is 0. The highest BCUT2D eigenvalue weighted by Gasteiger charge is 2.23. The Morgan fingerprint density at radius 2 is 1.91 bits per heavy atom.